The molecule has 5 heteroatoms. The zero-order valence-electron chi connectivity index (χ0n) is 14.3. The fourth-order valence-corrected chi connectivity index (χ4v) is 2.54. The summed E-state index contributed by atoms with van der Waals surface area (Å²) in [6.07, 6.45) is 1.61. The van der Waals surface area contributed by atoms with Crippen molar-refractivity contribution in [3.63, 3.8) is 0 Å². The molecule has 3 rings (SSSR count). The van der Waals surface area contributed by atoms with Gasteiger partial charge in [0.2, 0.25) is 0 Å². The van der Waals surface area contributed by atoms with Gasteiger partial charge in [0, 0.05) is 29.0 Å². The van der Waals surface area contributed by atoms with Crippen LogP contribution in [0.1, 0.15) is 15.9 Å². The van der Waals surface area contributed by atoms with E-state index in [0.29, 0.717) is 10.6 Å². The number of nitrogens with zero attached hydrogens (tertiary/aromatic N) is 2. The van der Waals surface area contributed by atoms with Crippen molar-refractivity contribution in [2.24, 2.45) is 5.10 Å². The second-order valence-electron chi connectivity index (χ2n) is 5.69. The van der Waals surface area contributed by atoms with E-state index >= 15 is 0 Å². The lowest BCUT2D eigenvalue weighted by atomic mass is 10.2. The number of rotatable bonds is 5. The van der Waals surface area contributed by atoms with Crippen LogP contribution in [0.4, 0.5) is 11.4 Å². The number of para-hydroxylation sites is 1. The Labute approximate surface area is 157 Å². The topological polar surface area (TPSA) is 44.7 Å². The maximum Gasteiger partial charge on any atom is 0.271 e. The summed E-state index contributed by atoms with van der Waals surface area (Å²) in [6.45, 7) is 0. The molecule has 0 aliphatic rings. The Kier molecular flexibility index (Phi) is 5.66. The molecule has 1 N–H and O–H groups in total. The van der Waals surface area contributed by atoms with Crippen molar-refractivity contribution in [3.8, 4) is 0 Å². The summed E-state index contributed by atoms with van der Waals surface area (Å²) in [6, 6.07) is 24.7. The number of hydrazone groups is 1. The number of benzene rings is 3. The normalized spacial score (nSPS) is 10.7. The van der Waals surface area contributed by atoms with Gasteiger partial charge in [-0.3, -0.25) is 4.79 Å². The monoisotopic (exact) mass is 363 g/mol. The maximum absolute atomic E-state index is 12.0. The number of anilines is 2. The SMILES string of the molecule is CN(c1ccccc1)c1ccc(/C=N/NC(=O)c2ccc(Cl)cc2)cc1. The fraction of sp³-hybridized carbons (Fsp3) is 0.0476. The van der Waals surface area contributed by atoms with Crippen LogP contribution in [-0.4, -0.2) is 19.2 Å². The summed E-state index contributed by atoms with van der Waals surface area (Å²) in [4.78, 5) is 14.1. The van der Waals surface area contributed by atoms with Crippen molar-refractivity contribution in [1.82, 2.24) is 5.43 Å². The van der Waals surface area contributed by atoms with Crippen LogP contribution >= 0.6 is 11.6 Å². The van der Waals surface area contributed by atoms with Crippen molar-refractivity contribution in [2.75, 3.05) is 11.9 Å². The number of amides is 1. The Morgan fingerprint density at radius 1 is 0.923 bits per heavy atom. The van der Waals surface area contributed by atoms with Gasteiger partial charge in [-0.05, 0) is 54.1 Å². The second kappa shape index (κ2) is 8.32. The molecule has 0 saturated carbocycles. The van der Waals surface area contributed by atoms with Gasteiger partial charge in [0.1, 0.15) is 0 Å². The van der Waals surface area contributed by atoms with Gasteiger partial charge in [0.15, 0.2) is 0 Å². The average molecular weight is 364 g/mol. The van der Waals surface area contributed by atoms with Gasteiger partial charge in [-0.25, -0.2) is 5.43 Å². The second-order valence-corrected chi connectivity index (χ2v) is 6.13. The van der Waals surface area contributed by atoms with E-state index in [1.165, 1.54) is 0 Å². The van der Waals surface area contributed by atoms with Gasteiger partial charge in [-0.15, -0.1) is 0 Å². The zero-order valence-corrected chi connectivity index (χ0v) is 15.0. The largest absolute Gasteiger partial charge is 0.345 e. The van der Waals surface area contributed by atoms with Crippen molar-refractivity contribution in [1.29, 1.82) is 0 Å². The molecule has 0 saturated heterocycles. The number of hydrogen-bond donors (Lipinski definition) is 1. The Balaban J connectivity index is 1.61. The van der Waals surface area contributed by atoms with E-state index in [9.17, 15) is 4.79 Å². The molecule has 0 aliphatic heterocycles. The molecule has 0 aromatic heterocycles. The highest BCUT2D eigenvalue weighted by Crippen LogP contribution is 2.22. The molecule has 0 heterocycles. The maximum atomic E-state index is 12.0. The van der Waals surface area contributed by atoms with Crippen LogP contribution in [0.25, 0.3) is 0 Å². The zero-order chi connectivity index (χ0) is 18.4. The summed E-state index contributed by atoms with van der Waals surface area (Å²) in [5.41, 5.74) is 6.09. The van der Waals surface area contributed by atoms with Crippen LogP contribution in [0.5, 0.6) is 0 Å². The first-order chi connectivity index (χ1) is 12.6. The third kappa shape index (κ3) is 4.49. The molecule has 0 spiro atoms. The van der Waals surface area contributed by atoms with E-state index in [4.69, 9.17) is 11.6 Å². The molecular formula is C21H18ClN3O. The fourth-order valence-electron chi connectivity index (χ4n) is 2.42. The first kappa shape index (κ1) is 17.7. The molecule has 26 heavy (non-hydrogen) atoms. The van der Waals surface area contributed by atoms with Crippen LogP contribution in [0.2, 0.25) is 5.02 Å². The number of hydrogen-bond acceptors (Lipinski definition) is 3. The van der Waals surface area contributed by atoms with Gasteiger partial charge in [-0.2, -0.15) is 5.10 Å². The highest BCUT2D eigenvalue weighted by atomic mass is 35.5. The minimum Gasteiger partial charge on any atom is -0.345 e. The minimum atomic E-state index is -0.279. The summed E-state index contributed by atoms with van der Waals surface area (Å²) < 4.78 is 0. The summed E-state index contributed by atoms with van der Waals surface area (Å²) in [7, 11) is 2.02. The van der Waals surface area contributed by atoms with Gasteiger partial charge < -0.3 is 4.90 Å². The van der Waals surface area contributed by atoms with Crippen molar-refractivity contribution in [3.05, 3.63) is 95.0 Å². The lowest BCUT2D eigenvalue weighted by molar-refractivity contribution is 0.0955. The molecule has 3 aromatic carbocycles. The Bertz CT molecular complexity index is 891. The first-order valence-corrected chi connectivity index (χ1v) is 8.49. The summed E-state index contributed by atoms with van der Waals surface area (Å²) in [5.74, 6) is -0.279. The van der Waals surface area contributed by atoms with Crippen LogP contribution in [0.3, 0.4) is 0 Å². The molecule has 4 nitrogen and oxygen atoms in total. The van der Waals surface area contributed by atoms with Crippen LogP contribution in [0.15, 0.2) is 84.0 Å². The van der Waals surface area contributed by atoms with Gasteiger partial charge >= 0.3 is 0 Å². The molecule has 0 unspecified atom stereocenters. The number of nitrogens with one attached hydrogen (secondary N) is 1. The molecule has 0 bridgehead atoms. The third-order valence-electron chi connectivity index (χ3n) is 3.91. The predicted octanol–water partition coefficient (Wildman–Crippen LogP) is 4.87. The number of carbonyl (C=O) groups excluding carboxylic acids is 1. The molecule has 3 aromatic rings. The quantitative estimate of drug-likeness (QED) is 0.519. The molecule has 0 fully saturated rings. The smallest absolute Gasteiger partial charge is 0.271 e. The number of carbonyl (C=O) groups is 1. The third-order valence-corrected chi connectivity index (χ3v) is 4.16. The van der Waals surface area contributed by atoms with E-state index in [2.05, 4.69) is 27.6 Å². The van der Waals surface area contributed by atoms with Crippen LogP contribution < -0.4 is 10.3 Å². The highest BCUT2D eigenvalue weighted by Gasteiger charge is 2.04. The van der Waals surface area contributed by atoms with Crippen molar-refractivity contribution >= 4 is 35.1 Å². The number of halogens is 1. The first-order valence-electron chi connectivity index (χ1n) is 8.11. The average Bonchev–Trinajstić information content (AvgIpc) is 2.69. The standard InChI is InChI=1S/C21H18ClN3O/c1-25(19-5-3-2-4-6-19)20-13-7-16(8-14-20)15-23-24-21(26)17-9-11-18(22)12-10-17/h2-15H,1H3,(H,24,26)/b23-15+. The minimum absolute atomic E-state index is 0.279. The lowest BCUT2D eigenvalue weighted by Gasteiger charge is -2.19. The van der Waals surface area contributed by atoms with E-state index in [1.807, 2.05) is 49.5 Å². The summed E-state index contributed by atoms with van der Waals surface area (Å²) in [5, 5.41) is 4.59. The van der Waals surface area contributed by atoms with Gasteiger partial charge in [0.05, 0.1) is 6.21 Å². The molecular weight excluding hydrogens is 346 g/mol. The summed E-state index contributed by atoms with van der Waals surface area (Å²) >= 11 is 5.81. The van der Waals surface area contributed by atoms with E-state index < -0.39 is 0 Å². The Morgan fingerprint density at radius 3 is 2.19 bits per heavy atom. The molecule has 130 valence electrons. The van der Waals surface area contributed by atoms with Crippen molar-refractivity contribution in [2.45, 2.75) is 0 Å². The van der Waals surface area contributed by atoms with Gasteiger partial charge in [0.25, 0.3) is 5.91 Å². The van der Waals surface area contributed by atoms with E-state index in [1.54, 1.807) is 30.5 Å². The van der Waals surface area contributed by atoms with Crippen molar-refractivity contribution < 1.29 is 4.79 Å². The lowest BCUT2D eigenvalue weighted by Crippen LogP contribution is -2.17. The molecule has 1 amide bonds. The molecule has 0 aliphatic carbocycles. The van der Waals surface area contributed by atoms with Crippen LogP contribution in [-0.2, 0) is 0 Å². The van der Waals surface area contributed by atoms with Crippen LogP contribution in [0, 0.1) is 0 Å². The Morgan fingerprint density at radius 2 is 1.54 bits per heavy atom. The predicted molar refractivity (Wildman–Crippen MR) is 107 cm³/mol. The molecule has 0 radical (unpaired) electrons. The highest BCUT2D eigenvalue weighted by molar-refractivity contribution is 6.30. The van der Waals surface area contributed by atoms with Gasteiger partial charge in [-0.1, -0.05) is 41.9 Å². The van der Waals surface area contributed by atoms with E-state index in [0.717, 1.165) is 16.9 Å². The Hall–Kier alpha value is -3.11. The molecule has 0 atom stereocenters. The van der Waals surface area contributed by atoms with E-state index in [-0.39, 0.29) is 5.91 Å².